The van der Waals surface area contributed by atoms with Gasteiger partial charge in [-0.3, -0.25) is 4.79 Å². The summed E-state index contributed by atoms with van der Waals surface area (Å²) in [5, 5.41) is 9.29. The van der Waals surface area contributed by atoms with Gasteiger partial charge in [0.05, 0.1) is 16.5 Å². The Hall–Kier alpha value is -2.45. The normalized spacial score (nSPS) is 11.2. The molecule has 0 saturated heterocycles. The van der Waals surface area contributed by atoms with E-state index in [0.29, 0.717) is 11.0 Å². The van der Waals surface area contributed by atoms with E-state index in [0.717, 1.165) is 0 Å². The predicted molar refractivity (Wildman–Crippen MR) is 72.9 cm³/mol. The van der Waals surface area contributed by atoms with Crippen molar-refractivity contribution in [3.05, 3.63) is 51.9 Å². The van der Waals surface area contributed by atoms with Crippen LogP contribution < -0.4 is 11.2 Å². The van der Waals surface area contributed by atoms with Gasteiger partial charge in [-0.05, 0) is 18.2 Å². The van der Waals surface area contributed by atoms with Crippen molar-refractivity contribution in [3.8, 4) is 6.07 Å². The van der Waals surface area contributed by atoms with Crippen molar-refractivity contribution in [3.63, 3.8) is 0 Å². The van der Waals surface area contributed by atoms with Crippen LogP contribution in [0.3, 0.4) is 0 Å². The average Bonchev–Trinajstić information content (AvgIpc) is 2.38. The van der Waals surface area contributed by atoms with Gasteiger partial charge < -0.3 is 10.2 Å². The molecule has 0 aliphatic heterocycles. The standard InChI is InChI=1S/C13H8N2O2S/c14-6-8(13(15)18)5-9-7-17-11-4-2-1-3-10(11)12(9)16/h1-5,7H,(H2,15,18)/b8-5+. The van der Waals surface area contributed by atoms with Gasteiger partial charge in [-0.15, -0.1) is 0 Å². The van der Waals surface area contributed by atoms with Crippen LogP contribution in [0.5, 0.6) is 0 Å². The van der Waals surface area contributed by atoms with Crippen LogP contribution in [0.25, 0.3) is 17.0 Å². The zero-order valence-corrected chi connectivity index (χ0v) is 10.0. The van der Waals surface area contributed by atoms with Crippen molar-refractivity contribution in [2.24, 2.45) is 5.73 Å². The molecule has 2 rings (SSSR count). The number of nitrogens with two attached hydrogens (primary N) is 1. The first kappa shape index (κ1) is 12.0. The van der Waals surface area contributed by atoms with Gasteiger partial charge in [0.1, 0.15) is 22.9 Å². The number of para-hydroxylation sites is 1. The fourth-order valence-corrected chi connectivity index (χ4v) is 1.61. The molecule has 0 fully saturated rings. The maximum absolute atomic E-state index is 12.1. The van der Waals surface area contributed by atoms with Crippen LogP contribution in [0.15, 0.2) is 45.3 Å². The third-order valence-corrected chi connectivity index (χ3v) is 2.61. The van der Waals surface area contributed by atoms with Crippen LogP contribution >= 0.6 is 12.2 Å². The van der Waals surface area contributed by atoms with Gasteiger partial charge in [-0.25, -0.2) is 0 Å². The molecule has 1 aromatic carbocycles. The molecule has 0 aliphatic rings. The molecule has 1 aromatic heterocycles. The highest BCUT2D eigenvalue weighted by molar-refractivity contribution is 7.80. The van der Waals surface area contributed by atoms with Gasteiger partial charge >= 0.3 is 0 Å². The fourth-order valence-electron chi connectivity index (χ4n) is 1.51. The summed E-state index contributed by atoms with van der Waals surface area (Å²) in [5.41, 5.74) is 5.96. The lowest BCUT2D eigenvalue weighted by Gasteiger charge is -1.98. The van der Waals surface area contributed by atoms with E-state index >= 15 is 0 Å². The van der Waals surface area contributed by atoms with Gasteiger partial charge in [0.2, 0.25) is 0 Å². The molecule has 5 heteroatoms. The highest BCUT2D eigenvalue weighted by atomic mass is 32.1. The number of hydrogen-bond acceptors (Lipinski definition) is 4. The molecule has 0 amide bonds. The largest absolute Gasteiger partial charge is 0.463 e. The number of benzene rings is 1. The summed E-state index contributed by atoms with van der Waals surface area (Å²) in [7, 11) is 0. The highest BCUT2D eigenvalue weighted by Gasteiger charge is 2.06. The van der Waals surface area contributed by atoms with Gasteiger partial charge in [0, 0.05) is 0 Å². The molecule has 1 heterocycles. The van der Waals surface area contributed by atoms with Crippen LogP contribution in [0.2, 0.25) is 0 Å². The SMILES string of the molecule is N#C/C(=C\c1coc2ccccc2c1=O)C(N)=S. The van der Waals surface area contributed by atoms with Crippen molar-refractivity contribution in [2.45, 2.75) is 0 Å². The van der Waals surface area contributed by atoms with Crippen molar-refractivity contribution < 1.29 is 4.42 Å². The highest BCUT2D eigenvalue weighted by Crippen LogP contribution is 2.12. The maximum atomic E-state index is 12.1. The summed E-state index contributed by atoms with van der Waals surface area (Å²) >= 11 is 4.71. The Morgan fingerprint density at radius 1 is 1.44 bits per heavy atom. The summed E-state index contributed by atoms with van der Waals surface area (Å²) in [6, 6.07) is 8.71. The van der Waals surface area contributed by atoms with Crippen LogP contribution in [0.1, 0.15) is 5.56 Å². The number of thiocarbonyl (C=S) groups is 1. The molecule has 18 heavy (non-hydrogen) atoms. The molecule has 0 unspecified atom stereocenters. The lowest BCUT2D eigenvalue weighted by atomic mass is 10.1. The Balaban J connectivity index is 2.68. The fraction of sp³-hybridized carbons (Fsp3) is 0. The van der Waals surface area contributed by atoms with E-state index in [1.165, 1.54) is 12.3 Å². The lowest BCUT2D eigenvalue weighted by molar-refractivity contribution is 0.601. The second kappa shape index (κ2) is 4.82. The second-order valence-corrected chi connectivity index (χ2v) is 3.99. The van der Waals surface area contributed by atoms with E-state index in [9.17, 15) is 4.79 Å². The molecule has 88 valence electrons. The van der Waals surface area contributed by atoms with E-state index < -0.39 is 0 Å². The third-order valence-electron chi connectivity index (χ3n) is 2.39. The van der Waals surface area contributed by atoms with E-state index in [-0.39, 0.29) is 21.6 Å². The molecular weight excluding hydrogens is 248 g/mol. The molecule has 0 aliphatic carbocycles. The molecule has 0 atom stereocenters. The van der Waals surface area contributed by atoms with Gasteiger partial charge in [-0.1, -0.05) is 24.4 Å². The number of fused-ring (bicyclic) bond motifs is 1. The van der Waals surface area contributed by atoms with E-state index in [1.54, 1.807) is 24.3 Å². The van der Waals surface area contributed by atoms with E-state index in [2.05, 4.69) is 0 Å². The van der Waals surface area contributed by atoms with Gasteiger partial charge in [-0.2, -0.15) is 5.26 Å². The third kappa shape index (κ3) is 2.14. The van der Waals surface area contributed by atoms with E-state index in [1.807, 2.05) is 6.07 Å². The monoisotopic (exact) mass is 256 g/mol. The zero-order chi connectivity index (χ0) is 13.1. The Labute approximate surface area is 108 Å². The van der Waals surface area contributed by atoms with Gasteiger partial charge in [0.15, 0.2) is 5.43 Å². The Kier molecular flexibility index (Phi) is 3.22. The smallest absolute Gasteiger partial charge is 0.199 e. The van der Waals surface area contributed by atoms with Crippen LogP contribution in [0.4, 0.5) is 0 Å². The summed E-state index contributed by atoms with van der Waals surface area (Å²) in [6.45, 7) is 0. The molecule has 0 saturated carbocycles. The van der Waals surface area contributed by atoms with Crippen molar-refractivity contribution in [1.29, 1.82) is 5.26 Å². The quantitative estimate of drug-likeness (QED) is 0.505. The van der Waals surface area contributed by atoms with Crippen LogP contribution in [-0.4, -0.2) is 4.99 Å². The Bertz CT molecular complexity index is 753. The molecule has 0 radical (unpaired) electrons. The summed E-state index contributed by atoms with van der Waals surface area (Å²) in [6.07, 6.45) is 2.63. The minimum atomic E-state index is -0.221. The molecule has 4 nitrogen and oxygen atoms in total. The number of nitriles is 1. The van der Waals surface area contributed by atoms with Crippen molar-refractivity contribution in [2.75, 3.05) is 0 Å². The Morgan fingerprint density at radius 2 is 2.17 bits per heavy atom. The summed E-state index contributed by atoms with van der Waals surface area (Å²) < 4.78 is 5.31. The van der Waals surface area contributed by atoms with Crippen LogP contribution in [-0.2, 0) is 0 Å². The first-order valence-corrected chi connectivity index (χ1v) is 5.46. The van der Waals surface area contributed by atoms with E-state index in [4.69, 9.17) is 27.6 Å². The number of nitrogens with zero attached hydrogens (tertiary/aromatic N) is 1. The molecule has 2 aromatic rings. The van der Waals surface area contributed by atoms with Gasteiger partial charge in [0.25, 0.3) is 0 Å². The predicted octanol–water partition coefficient (Wildman–Crippen LogP) is 1.99. The molecule has 2 N–H and O–H groups in total. The molecule has 0 spiro atoms. The summed E-state index contributed by atoms with van der Waals surface area (Å²) in [4.78, 5) is 12.1. The van der Waals surface area contributed by atoms with Crippen molar-refractivity contribution in [1.82, 2.24) is 0 Å². The second-order valence-electron chi connectivity index (χ2n) is 3.55. The van der Waals surface area contributed by atoms with Crippen molar-refractivity contribution >= 4 is 34.3 Å². The Morgan fingerprint density at radius 3 is 2.83 bits per heavy atom. The first-order valence-electron chi connectivity index (χ1n) is 5.05. The van der Waals surface area contributed by atoms with Crippen LogP contribution in [0, 0.1) is 11.3 Å². The minimum absolute atomic E-state index is 0.0509. The minimum Gasteiger partial charge on any atom is -0.463 e. The first-order chi connectivity index (χ1) is 8.63. The zero-order valence-electron chi connectivity index (χ0n) is 9.21. The number of hydrogen-bond donors (Lipinski definition) is 1. The summed E-state index contributed by atoms with van der Waals surface area (Å²) in [5.74, 6) is 0. The lowest BCUT2D eigenvalue weighted by Crippen LogP contribution is -2.11. The molecule has 0 bridgehead atoms. The number of rotatable bonds is 2. The maximum Gasteiger partial charge on any atom is 0.199 e. The average molecular weight is 256 g/mol. The molecular formula is C13H8N2O2S. The topological polar surface area (TPSA) is 80.0 Å².